The van der Waals surface area contributed by atoms with Crippen LogP contribution in [0.2, 0.25) is 0 Å². The minimum Gasteiger partial charge on any atom is -0.307 e. The Morgan fingerprint density at radius 3 is 2.18 bits per heavy atom. The molecule has 4 rings (SSSR count). The predicted octanol–water partition coefficient (Wildman–Crippen LogP) is 4.55. The lowest BCUT2D eigenvalue weighted by atomic mass is 9.72. The number of rotatable bonds is 5. The molecule has 0 atom stereocenters. The monoisotopic (exact) mass is 291 g/mol. The SMILES string of the molecule is CCN(C)CCCC12CC(c3ccccc31)c1ccccc12. The summed E-state index contributed by atoms with van der Waals surface area (Å²) in [7, 11) is 2.23. The molecule has 0 saturated heterocycles. The Balaban J connectivity index is 1.72. The molecule has 22 heavy (non-hydrogen) atoms. The molecule has 0 saturated carbocycles. The molecule has 2 aromatic carbocycles. The highest BCUT2D eigenvalue weighted by molar-refractivity contribution is 5.62. The fourth-order valence-electron chi connectivity index (χ4n) is 4.75. The van der Waals surface area contributed by atoms with Crippen LogP contribution in [0.5, 0.6) is 0 Å². The van der Waals surface area contributed by atoms with Crippen molar-refractivity contribution < 1.29 is 0 Å². The van der Waals surface area contributed by atoms with E-state index in [-0.39, 0.29) is 5.41 Å². The molecule has 1 nitrogen and oxygen atoms in total. The lowest BCUT2D eigenvalue weighted by Crippen LogP contribution is -2.26. The molecule has 2 aliphatic carbocycles. The van der Waals surface area contributed by atoms with Crippen LogP contribution in [0, 0.1) is 0 Å². The Hall–Kier alpha value is -1.60. The van der Waals surface area contributed by atoms with Gasteiger partial charge in [0.05, 0.1) is 0 Å². The third-order valence-electron chi connectivity index (χ3n) is 5.94. The summed E-state index contributed by atoms with van der Waals surface area (Å²) in [6, 6.07) is 18.3. The van der Waals surface area contributed by atoms with E-state index in [4.69, 9.17) is 0 Å². The van der Waals surface area contributed by atoms with Gasteiger partial charge in [-0.15, -0.1) is 0 Å². The summed E-state index contributed by atoms with van der Waals surface area (Å²) in [5, 5.41) is 0. The quantitative estimate of drug-likeness (QED) is 0.781. The van der Waals surface area contributed by atoms with Crippen LogP contribution in [0.15, 0.2) is 48.5 Å². The van der Waals surface area contributed by atoms with Gasteiger partial charge in [-0.05, 0) is 61.7 Å². The molecule has 0 heterocycles. The van der Waals surface area contributed by atoms with E-state index in [1.807, 2.05) is 0 Å². The van der Waals surface area contributed by atoms with E-state index in [1.54, 1.807) is 22.3 Å². The molecule has 0 aliphatic heterocycles. The molecule has 2 aliphatic rings. The second-order valence-corrected chi connectivity index (χ2v) is 7.01. The maximum atomic E-state index is 2.43. The zero-order chi connectivity index (χ0) is 15.2. The van der Waals surface area contributed by atoms with Crippen LogP contribution in [-0.4, -0.2) is 25.0 Å². The first-order valence-electron chi connectivity index (χ1n) is 8.63. The third-order valence-corrected chi connectivity index (χ3v) is 5.94. The third kappa shape index (κ3) is 1.88. The molecule has 0 unspecified atom stereocenters. The van der Waals surface area contributed by atoms with E-state index in [0.717, 1.165) is 6.54 Å². The van der Waals surface area contributed by atoms with E-state index in [1.165, 1.54) is 25.8 Å². The Morgan fingerprint density at radius 2 is 1.59 bits per heavy atom. The van der Waals surface area contributed by atoms with Gasteiger partial charge >= 0.3 is 0 Å². The van der Waals surface area contributed by atoms with E-state index in [0.29, 0.717) is 5.92 Å². The van der Waals surface area contributed by atoms with Gasteiger partial charge in [0.25, 0.3) is 0 Å². The van der Waals surface area contributed by atoms with Crippen LogP contribution in [0.3, 0.4) is 0 Å². The van der Waals surface area contributed by atoms with E-state index in [2.05, 4.69) is 67.4 Å². The minimum absolute atomic E-state index is 0.284. The summed E-state index contributed by atoms with van der Waals surface area (Å²) in [5.41, 5.74) is 6.68. The zero-order valence-corrected chi connectivity index (χ0v) is 13.7. The summed E-state index contributed by atoms with van der Waals surface area (Å²) >= 11 is 0. The second kappa shape index (κ2) is 5.24. The Bertz CT molecular complexity index is 640. The summed E-state index contributed by atoms with van der Waals surface area (Å²) < 4.78 is 0. The molecule has 0 aromatic heterocycles. The van der Waals surface area contributed by atoms with E-state index >= 15 is 0 Å². The van der Waals surface area contributed by atoms with Crippen LogP contribution >= 0.6 is 0 Å². The van der Waals surface area contributed by atoms with Crippen molar-refractivity contribution in [1.82, 2.24) is 4.90 Å². The lowest BCUT2D eigenvalue weighted by molar-refractivity contribution is 0.325. The largest absolute Gasteiger partial charge is 0.307 e. The van der Waals surface area contributed by atoms with Gasteiger partial charge in [0.2, 0.25) is 0 Å². The molecule has 2 bridgehead atoms. The number of hydrogen-bond donors (Lipinski definition) is 0. The predicted molar refractivity (Wildman–Crippen MR) is 92.5 cm³/mol. The molecule has 0 fully saturated rings. The highest BCUT2D eigenvalue weighted by atomic mass is 15.1. The van der Waals surface area contributed by atoms with Gasteiger partial charge in [0.1, 0.15) is 0 Å². The van der Waals surface area contributed by atoms with Gasteiger partial charge in [-0.25, -0.2) is 0 Å². The molecular formula is C21H25N. The van der Waals surface area contributed by atoms with Crippen molar-refractivity contribution in [3.05, 3.63) is 70.8 Å². The molecule has 0 spiro atoms. The van der Waals surface area contributed by atoms with Gasteiger partial charge in [-0.1, -0.05) is 55.5 Å². The summed E-state index contributed by atoms with van der Waals surface area (Å²) in [5.74, 6) is 0.635. The Labute approximate surface area is 134 Å². The summed E-state index contributed by atoms with van der Waals surface area (Å²) in [6.07, 6.45) is 3.85. The van der Waals surface area contributed by atoms with Crippen molar-refractivity contribution in [2.24, 2.45) is 0 Å². The van der Waals surface area contributed by atoms with Crippen LogP contribution < -0.4 is 0 Å². The Kier molecular flexibility index (Phi) is 3.34. The van der Waals surface area contributed by atoms with Crippen molar-refractivity contribution in [2.45, 2.75) is 37.5 Å². The van der Waals surface area contributed by atoms with Crippen LogP contribution in [0.4, 0.5) is 0 Å². The molecule has 114 valence electrons. The molecular weight excluding hydrogens is 266 g/mol. The second-order valence-electron chi connectivity index (χ2n) is 7.01. The smallest absolute Gasteiger partial charge is 0.0218 e. The van der Waals surface area contributed by atoms with Gasteiger partial charge in [-0.2, -0.15) is 0 Å². The maximum Gasteiger partial charge on any atom is 0.0218 e. The van der Waals surface area contributed by atoms with Crippen molar-refractivity contribution >= 4 is 0 Å². The van der Waals surface area contributed by atoms with Crippen LogP contribution in [0.1, 0.15) is 54.4 Å². The highest BCUT2D eigenvalue weighted by Gasteiger charge is 2.51. The molecule has 2 aromatic rings. The minimum atomic E-state index is 0.284. The van der Waals surface area contributed by atoms with Gasteiger partial charge < -0.3 is 4.90 Å². The average molecular weight is 291 g/mol. The lowest BCUT2D eigenvalue weighted by Gasteiger charge is -2.32. The van der Waals surface area contributed by atoms with Crippen LogP contribution in [-0.2, 0) is 5.41 Å². The standard InChI is InChI=1S/C21H25N/c1-3-22(2)14-8-13-21-15-18(16-9-4-6-11-19(16)21)17-10-5-7-12-20(17)21/h4-7,9-12,18H,3,8,13-15H2,1-2H3. The van der Waals surface area contributed by atoms with Crippen molar-refractivity contribution in [3.63, 3.8) is 0 Å². The van der Waals surface area contributed by atoms with E-state index in [9.17, 15) is 0 Å². The molecule has 0 N–H and O–H groups in total. The van der Waals surface area contributed by atoms with Gasteiger partial charge in [0, 0.05) is 11.3 Å². The maximum absolute atomic E-state index is 2.43. The van der Waals surface area contributed by atoms with Gasteiger partial charge in [0.15, 0.2) is 0 Å². The Morgan fingerprint density at radius 1 is 1.00 bits per heavy atom. The average Bonchev–Trinajstić information content (AvgIpc) is 3.07. The zero-order valence-electron chi connectivity index (χ0n) is 13.7. The fraction of sp³-hybridized carbons (Fsp3) is 0.429. The van der Waals surface area contributed by atoms with Crippen LogP contribution in [0.25, 0.3) is 0 Å². The normalized spacial score (nSPS) is 24.6. The van der Waals surface area contributed by atoms with Gasteiger partial charge in [-0.3, -0.25) is 0 Å². The first-order chi connectivity index (χ1) is 10.8. The first kappa shape index (κ1) is 14.0. The number of benzene rings is 2. The first-order valence-corrected chi connectivity index (χ1v) is 8.63. The summed E-state index contributed by atoms with van der Waals surface area (Å²) in [6.45, 7) is 4.58. The highest BCUT2D eigenvalue weighted by Crippen LogP contribution is 2.61. The summed E-state index contributed by atoms with van der Waals surface area (Å²) in [4.78, 5) is 2.43. The molecule has 1 heteroatoms. The molecule has 0 amide bonds. The fourth-order valence-corrected chi connectivity index (χ4v) is 4.75. The van der Waals surface area contributed by atoms with E-state index < -0.39 is 0 Å². The number of hydrogen-bond acceptors (Lipinski definition) is 1. The number of fused-ring (bicyclic) bond motifs is 8. The van der Waals surface area contributed by atoms with Crippen molar-refractivity contribution in [3.8, 4) is 0 Å². The topological polar surface area (TPSA) is 3.24 Å². The van der Waals surface area contributed by atoms with Crippen molar-refractivity contribution in [1.29, 1.82) is 0 Å². The van der Waals surface area contributed by atoms with Crippen molar-refractivity contribution in [2.75, 3.05) is 20.1 Å². The number of nitrogens with zero attached hydrogens (tertiary/aromatic N) is 1. The molecule has 0 radical (unpaired) electrons.